The van der Waals surface area contributed by atoms with Gasteiger partial charge in [0.1, 0.15) is 0 Å². The number of benzene rings is 2. The fourth-order valence-electron chi connectivity index (χ4n) is 1.85. The summed E-state index contributed by atoms with van der Waals surface area (Å²) in [7, 11) is 1.98. The molecule has 0 amide bonds. The highest BCUT2D eigenvalue weighted by Gasteiger charge is 2.01. The lowest BCUT2D eigenvalue weighted by Gasteiger charge is -2.08. The third-order valence-corrected chi connectivity index (χ3v) is 2.68. The Morgan fingerprint density at radius 1 is 1.07 bits per heavy atom. The summed E-state index contributed by atoms with van der Waals surface area (Å²) < 4.78 is 0. The van der Waals surface area contributed by atoms with Crippen molar-refractivity contribution in [2.45, 2.75) is 13.5 Å². The number of hydrogen-bond acceptors (Lipinski definition) is 1. The molecule has 0 fully saturated rings. The van der Waals surface area contributed by atoms with E-state index in [0.29, 0.717) is 0 Å². The van der Waals surface area contributed by atoms with Crippen molar-refractivity contribution < 1.29 is 0 Å². The molecule has 0 atom stereocenters. The summed E-state index contributed by atoms with van der Waals surface area (Å²) in [6.45, 7) is 3.13. The molecule has 0 saturated heterocycles. The molecule has 0 radical (unpaired) electrons. The van der Waals surface area contributed by atoms with E-state index < -0.39 is 0 Å². The van der Waals surface area contributed by atoms with Crippen molar-refractivity contribution in [1.29, 1.82) is 0 Å². The van der Waals surface area contributed by atoms with Crippen molar-refractivity contribution in [3.63, 3.8) is 0 Å². The molecule has 0 bridgehead atoms. The van der Waals surface area contributed by atoms with Crippen molar-refractivity contribution in [1.82, 2.24) is 5.32 Å². The first-order chi connectivity index (χ1) is 6.83. The molecule has 1 heteroatoms. The Balaban J connectivity index is 2.63. The molecule has 0 spiro atoms. The first-order valence-corrected chi connectivity index (χ1v) is 4.95. The lowest BCUT2D eigenvalue weighted by molar-refractivity contribution is 0.814. The Hall–Kier alpha value is -1.34. The van der Waals surface area contributed by atoms with E-state index in [-0.39, 0.29) is 0 Å². The molecule has 0 aliphatic rings. The molecule has 1 nitrogen and oxygen atoms in total. The Bertz CT molecular complexity index is 446. The van der Waals surface area contributed by atoms with Crippen LogP contribution in [-0.4, -0.2) is 7.05 Å². The second-order valence-corrected chi connectivity index (χ2v) is 3.60. The number of aryl methyl sites for hydroxylation is 1. The molecule has 2 aromatic carbocycles. The van der Waals surface area contributed by atoms with Gasteiger partial charge in [0, 0.05) is 6.54 Å². The molecular weight excluding hydrogens is 170 g/mol. The topological polar surface area (TPSA) is 12.0 Å². The van der Waals surface area contributed by atoms with Crippen LogP contribution in [-0.2, 0) is 6.54 Å². The van der Waals surface area contributed by atoms with Crippen molar-refractivity contribution >= 4 is 10.8 Å². The van der Waals surface area contributed by atoms with E-state index in [4.69, 9.17) is 0 Å². The van der Waals surface area contributed by atoms with Crippen molar-refractivity contribution in [3.8, 4) is 0 Å². The van der Waals surface area contributed by atoms with Gasteiger partial charge in [0.25, 0.3) is 0 Å². The first kappa shape index (κ1) is 9.22. The molecule has 1 N–H and O–H groups in total. The SMILES string of the molecule is CNCc1ccc2ccccc2c1C. The number of hydrogen-bond donors (Lipinski definition) is 1. The van der Waals surface area contributed by atoms with Gasteiger partial charge in [0.05, 0.1) is 0 Å². The Morgan fingerprint density at radius 2 is 1.86 bits per heavy atom. The van der Waals surface area contributed by atoms with Crippen molar-refractivity contribution in [2.75, 3.05) is 7.05 Å². The molecule has 0 aromatic heterocycles. The molecule has 2 aromatic rings. The van der Waals surface area contributed by atoms with Gasteiger partial charge in [-0.1, -0.05) is 36.4 Å². The second kappa shape index (κ2) is 3.81. The summed E-state index contributed by atoms with van der Waals surface area (Å²) in [4.78, 5) is 0. The number of fused-ring (bicyclic) bond motifs is 1. The van der Waals surface area contributed by atoms with Gasteiger partial charge in [0.15, 0.2) is 0 Å². The Kier molecular flexibility index (Phi) is 2.51. The molecule has 0 aliphatic carbocycles. The van der Waals surface area contributed by atoms with Crippen LogP contribution in [0.3, 0.4) is 0 Å². The fraction of sp³-hybridized carbons (Fsp3) is 0.231. The third-order valence-electron chi connectivity index (χ3n) is 2.68. The zero-order chi connectivity index (χ0) is 9.97. The van der Waals surface area contributed by atoms with E-state index in [1.165, 1.54) is 21.9 Å². The predicted molar refractivity (Wildman–Crippen MR) is 61.4 cm³/mol. The van der Waals surface area contributed by atoms with Crippen LogP contribution in [0.4, 0.5) is 0 Å². The molecular formula is C13H15N. The van der Waals surface area contributed by atoms with Gasteiger partial charge in [-0.05, 0) is 35.9 Å². The van der Waals surface area contributed by atoms with E-state index >= 15 is 0 Å². The minimum atomic E-state index is 0.941. The normalized spacial score (nSPS) is 10.7. The Morgan fingerprint density at radius 3 is 2.64 bits per heavy atom. The van der Waals surface area contributed by atoms with Crippen LogP contribution >= 0.6 is 0 Å². The van der Waals surface area contributed by atoms with E-state index in [1.807, 2.05) is 7.05 Å². The average Bonchev–Trinajstić information content (AvgIpc) is 2.23. The van der Waals surface area contributed by atoms with Crippen LogP contribution in [0.5, 0.6) is 0 Å². The lowest BCUT2D eigenvalue weighted by atomic mass is 10.0. The highest BCUT2D eigenvalue weighted by Crippen LogP contribution is 2.21. The van der Waals surface area contributed by atoms with Crippen LogP contribution in [0.25, 0.3) is 10.8 Å². The lowest BCUT2D eigenvalue weighted by Crippen LogP contribution is -2.06. The van der Waals surface area contributed by atoms with Crippen LogP contribution in [0.1, 0.15) is 11.1 Å². The smallest absolute Gasteiger partial charge is 0.0205 e. The molecule has 14 heavy (non-hydrogen) atoms. The quantitative estimate of drug-likeness (QED) is 0.758. The maximum Gasteiger partial charge on any atom is 0.0205 e. The highest BCUT2D eigenvalue weighted by molar-refractivity contribution is 5.86. The van der Waals surface area contributed by atoms with Gasteiger partial charge in [-0.2, -0.15) is 0 Å². The van der Waals surface area contributed by atoms with E-state index in [0.717, 1.165) is 6.54 Å². The van der Waals surface area contributed by atoms with Crippen molar-refractivity contribution in [2.24, 2.45) is 0 Å². The zero-order valence-electron chi connectivity index (χ0n) is 8.67. The first-order valence-electron chi connectivity index (χ1n) is 4.95. The summed E-state index contributed by atoms with van der Waals surface area (Å²) in [6.07, 6.45) is 0. The summed E-state index contributed by atoms with van der Waals surface area (Å²) in [6, 6.07) is 12.9. The molecule has 2 rings (SSSR count). The van der Waals surface area contributed by atoms with Gasteiger partial charge in [0.2, 0.25) is 0 Å². The molecule has 72 valence electrons. The van der Waals surface area contributed by atoms with Gasteiger partial charge < -0.3 is 5.32 Å². The average molecular weight is 185 g/mol. The molecule has 0 unspecified atom stereocenters. The van der Waals surface area contributed by atoms with Gasteiger partial charge in [-0.25, -0.2) is 0 Å². The predicted octanol–water partition coefficient (Wildman–Crippen LogP) is 2.87. The van der Waals surface area contributed by atoms with E-state index in [9.17, 15) is 0 Å². The van der Waals surface area contributed by atoms with Crippen LogP contribution in [0.2, 0.25) is 0 Å². The minimum Gasteiger partial charge on any atom is -0.316 e. The van der Waals surface area contributed by atoms with Gasteiger partial charge >= 0.3 is 0 Å². The maximum atomic E-state index is 3.19. The van der Waals surface area contributed by atoms with Crippen LogP contribution < -0.4 is 5.32 Å². The van der Waals surface area contributed by atoms with Crippen LogP contribution in [0, 0.1) is 6.92 Å². The molecule has 0 saturated carbocycles. The Labute approximate surface area is 84.8 Å². The summed E-state index contributed by atoms with van der Waals surface area (Å²) >= 11 is 0. The van der Waals surface area contributed by atoms with Crippen molar-refractivity contribution in [3.05, 3.63) is 47.5 Å². The van der Waals surface area contributed by atoms with E-state index in [2.05, 4.69) is 48.6 Å². The van der Waals surface area contributed by atoms with E-state index in [1.54, 1.807) is 0 Å². The summed E-state index contributed by atoms with van der Waals surface area (Å²) in [5.74, 6) is 0. The molecule has 0 heterocycles. The highest BCUT2D eigenvalue weighted by atomic mass is 14.8. The monoisotopic (exact) mass is 185 g/mol. The third kappa shape index (κ3) is 1.51. The zero-order valence-corrected chi connectivity index (χ0v) is 8.67. The summed E-state index contributed by atoms with van der Waals surface area (Å²) in [5.41, 5.74) is 2.77. The fourth-order valence-corrected chi connectivity index (χ4v) is 1.85. The largest absolute Gasteiger partial charge is 0.316 e. The van der Waals surface area contributed by atoms with Gasteiger partial charge in [-0.3, -0.25) is 0 Å². The maximum absolute atomic E-state index is 3.19. The minimum absolute atomic E-state index is 0.941. The van der Waals surface area contributed by atoms with Gasteiger partial charge in [-0.15, -0.1) is 0 Å². The summed E-state index contributed by atoms with van der Waals surface area (Å²) in [5, 5.41) is 5.87. The standard InChI is InChI=1S/C13H15N/c1-10-12(9-14-2)8-7-11-5-3-4-6-13(10)11/h3-8,14H,9H2,1-2H3. The number of nitrogens with one attached hydrogen (secondary N) is 1. The number of rotatable bonds is 2. The molecule has 0 aliphatic heterocycles. The second-order valence-electron chi connectivity index (χ2n) is 3.60. The van der Waals surface area contributed by atoms with Crippen LogP contribution in [0.15, 0.2) is 36.4 Å².